The first-order chi connectivity index (χ1) is 17.3. The minimum atomic E-state index is -0.986. The fourth-order valence-electron chi connectivity index (χ4n) is 4.05. The summed E-state index contributed by atoms with van der Waals surface area (Å²) >= 11 is 0. The Morgan fingerprint density at radius 3 is 2.47 bits per heavy atom. The molecule has 1 fully saturated rings. The van der Waals surface area contributed by atoms with Crippen LogP contribution in [0.5, 0.6) is 11.6 Å². The first kappa shape index (κ1) is 23.6. The van der Waals surface area contributed by atoms with E-state index in [1.165, 1.54) is 6.07 Å². The summed E-state index contributed by atoms with van der Waals surface area (Å²) in [5.74, 6) is -3.94. The van der Waals surface area contributed by atoms with Gasteiger partial charge >= 0.3 is 0 Å². The fourth-order valence-corrected chi connectivity index (χ4v) is 4.05. The van der Waals surface area contributed by atoms with Gasteiger partial charge in [-0.3, -0.25) is 4.79 Å². The second kappa shape index (κ2) is 9.50. The molecule has 0 radical (unpaired) electrons. The topological polar surface area (TPSA) is 86.4 Å². The number of anilines is 2. The maximum atomic E-state index is 15.1. The van der Waals surface area contributed by atoms with E-state index in [0.717, 1.165) is 25.5 Å². The van der Waals surface area contributed by atoms with Gasteiger partial charge in [-0.05, 0) is 44.3 Å². The lowest BCUT2D eigenvalue weighted by molar-refractivity contribution is 0.0664. The summed E-state index contributed by atoms with van der Waals surface area (Å²) in [5.41, 5.74) is 1.55. The predicted octanol–water partition coefficient (Wildman–Crippen LogP) is 4.61. The number of piperazine rings is 1. The SMILES string of the molecule is Cc1cc2c(F)c(Oc3ncnc(Nc4ccc(C(=O)N5CCN(C)CC5)cc4)c3F)cc(F)c2[nH]1. The van der Waals surface area contributed by atoms with Gasteiger partial charge in [0.2, 0.25) is 5.82 Å². The average molecular weight is 496 g/mol. The number of aryl methyl sites for hydroxylation is 1. The summed E-state index contributed by atoms with van der Waals surface area (Å²) in [6, 6.07) is 8.81. The number of aromatic nitrogens is 3. The Morgan fingerprint density at radius 1 is 1.03 bits per heavy atom. The number of fused-ring (bicyclic) bond motifs is 1. The number of halogens is 3. The largest absolute Gasteiger partial charge is 0.433 e. The molecule has 2 aromatic heterocycles. The van der Waals surface area contributed by atoms with Gasteiger partial charge in [-0.2, -0.15) is 9.37 Å². The van der Waals surface area contributed by atoms with Gasteiger partial charge in [-0.15, -0.1) is 0 Å². The second-order valence-corrected chi connectivity index (χ2v) is 8.65. The van der Waals surface area contributed by atoms with Crippen LogP contribution in [0.2, 0.25) is 0 Å². The Bertz CT molecular complexity index is 1430. The van der Waals surface area contributed by atoms with Crippen LogP contribution in [0.25, 0.3) is 10.9 Å². The zero-order chi connectivity index (χ0) is 25.4. The number of nitrogens with one attached hydrogen (secondary N) is 2. The summed E-state index contributed by atoms with van der Waals surface area (Å²) in [7, 11) is 2.02. The summed E-state index contributed by atoms with van der Waals surface area (Å²) in [6.07, 6.45) is 1.04. The van der Waals surface area contributed by atoms with Gasteiger partial charge in [0.05, 0.1) is 5.52 Å². The van der Waals surface area contributed by atoms with E-state index >= 15 is 4.39 Å². The molecule has 0 bridgehead atoms. The van der Waals surface area contributed by atoms with E-state index in [1.807, 2.05) is 7.05 Å². The van der Waals surface area contributed by atoms with Crippen LogP contribution in [-0.2, 0) is 0 Å². The summed E-state index contributed by atoms with van der Waals surface area (Å²) in [4.78, 5) is 27.0. The number of benzene rings is 2. The number of nitrogens with zero attached hydrogens (tertiary/aromatic N) is 4. The van der Waals surface area contributed by atoms with E-state index in [0.29, 0.717) is 30.0 Å². The van der Waals surface area contributed by atoms with Crippen molar-refractivity contribution in [2.75, 3.05) is 38.5 Å². The van der Waals surface area contributed by atoms with Crippen molar-refractivity contribution in [3.63, 3.8) is 0 Å². The van der Waals surface area contributed by atoms with Gasteiger partial charge < -0.3 is 24.8 Å². The molecule has 0 atom stereocenters. The molecule has 5 rings (SSSR count). The molecule has 186 valence electrons. The number of amides is 1. The lowest BCUT2D eigenvalue weighted by atomic mass is 10.1. The Morgan fingerprint density at radius 2 is 1.75 bits per heavy atom. The third kappa shape index (κ3) is 4.57. The van der Waals surface area contributed by atoms with Crippen molar-refractivity contribution in [1.82, 2.24) is 24.8 Å². The third-order valence-corrected chi connectivity index (χ3v) is 6.05. The maximum Gasteiger partial charge on any atom is 0.261 e. The van der Waals surface area contributed by atoms with Crippen molar-refractivity contribution in [2.45, 2.75) is 6.92 Å². The maximum absolute atomic E-state index is 15.1. The van der Waals surface area contributed by atoms with Crippen LogP contribution in [0, 0.1) is 24.4 Å². The molecule has 0 spiro atoms. The molecule has 0 unspecified atom stereocenters. The van der Waals surface area contributed by atoms with E-state index in [-0.39, 0.29) is 22.6 Å². The number of carbonyl (C=O) groups is 1. The number of carbonyl (C=O) groups excluding carboxylic acids is 1. The van der Waals surface area contributed by atoms with Gasteiger partial charge in [-0.25, -0.2) is 13.8 Å². The van der Waals surface area contributed by atoms with Crippen LogP contribution in [0.15, 0.2) is 42.7 Å². The molecule has 11 heteroatoms. The monoisotopic (exact) mass is 496 g/mol. The van der Waals surface area contributed by atoms with Crippen molar-refractivity contribution in [1.29, 1.82) is 0 Å². The summed E-state index contributed by atoms with van der Waals surface area (Å²) in [5, 5.41) is 2.79. The van der Waals surface area contributed by atoms with E-state index in [2.05, 4.69) is 25.2 Å². The van der Waals surface area contributed by atoms with Crippen LogP contribution in [0.3, 0.4) is 0 Å². The predicted molar refractivity (Wildman–Crippen MR) is 128 cm³/mol. The highest BCUT2D eigenvalue weighted by Gasteiger charge is 2.22. The molecule has 8 nitrogen and oxygen atoms in total. The molecule has 1 aliphatic rings. The standard InChI is InChI=1S/C25H23F3N6O2/c1-14-11-17-20(27)19(12-18(26)22(17)31-14)36-24-21(28)23(29-13-30-24)32-16-5-3-15(4-6-16)25(35)34-9-7-33(2)8-10-34/h3-6,11-13,31H,7-10H2,1-2H3,(H,29,30,32). The molecule has 1 amide bonds. The molecule has 0 saturated carbocycles. The van der Waals surface area contributed by atoms with Crippen molar-refractivity contribution < 1.29 is 22.7 Å². The number of hydrogen-bond donors (Lipinski definition) is 2. The fraction of sp³-hybridized carbons (Fsp3) is 0.240. The highest BCUT2D eigenvalue weighted by Crippen LogP contribution is 2.34. The number of ether oxygens (including phenoxy) is 1. The molecular weight excluding hydrogens is 473 g/mol. The number of aromatic amines is 1. The van der Waals surface area contributed by atoms with Crippen LogP contribution < -0.4 is 10.1 Å². The van der Waals surface area contributed by atoms with Crippen LogP contribution in [0.1, 0.15) is 16.1 Å². The highest BCUT2D eigenvalue weighted by atomic mass is 19.1. The molecule has 1 saturated heterocycles. The van der Waals surface area contributed by atoms with Gasteiger partial charge in [-0.1, -0.05) is 0 Å². The minimum Gasteiger partial charge on any atom is -0.433 e. The molecule has 2 aromatic carbocycles. The number of H-pyrrole nitrogens is 1. The Labute approximate surface area is 204 Å². The zero-order valence-corrected chi connectivity index (χ0v) is 19.6. The Hall–Kier alpha value is -4.12. The van der Waals surface area contributed by atoms with Crippen LogP contribution in [0.4, 0.5) is 24.7 Å². The number of rotatable bonds is 5. The van der Waals surface area contributed by atoms with Crippen LogP contribution >= 0.6 is 0 Å². The molecule has 3 heterocycles. The van der Waals surface area contributed by atoms with Crippen molar-refractivity contribution in [3.05, 3.63) is 71.4 Å². The zero-order valence-electron chi connectivity index (χ0n) is 19.6. The van der Waals surface area contributed by atoms with Crippen molar-refractivity contribution in [3.8, 4) is 11.6 Å². The normalized spacial score (nSPS) is 14.3. The lowest BCUT2D eigenvalue weighted by Crippen LogP contribution is -2.47. The first-order valence-electron chi connectivity index (χ1n) is 11.3. The number of hydrogen-bond acceptors (Lipinski definition) is 6. The molecule has 2 N–H and O–H groups in total. The van der Waals surface area contributed by atoms with E-state index in [1.54, 1.807) is 36.1 Å². The Kier molecular flexibility index (Phi) is 6.23. The highest BCUT2D eigenvalue weighted by molar-refractivity contribution is 5.94. The van der Waals surface area contributed by atoms with Crippen molar-refractivity contribution in [2.24, 2.45) is 0 Å². The summed E-state index contributed by atoms with van der Waals surface area (Å²) in [6.45, 7) is 4.61. The smallest absolute Gasteiger partial charge is 0.261 e. The van der Waals surface area contributed by atoms with Crippen LogP contribution in [-0.4, -0.2) is 63.9 Å². The minimum absolute atomic E-state index is 0.00239. The van der Waals surface area contributed by atoms with Crippen molar-refractivity contribution >= 4 is 28.3 Å². The van der Waals surface area contributed by atoms with E-state index < -0.39 is 29.1 Å². The second-order valence-electron chi connectivity index (χ2n) is 8.65. The quantitative estimate of drug-likeness (QED) is 0.420. The molecular formula is C25H23F3N6O2. The molecule has 36 heavy (non-hydrogen) atoms. The van der Waals surface area contributed by atoms with Gasteiger partial charge in [0, 0.05) is 54.6 Å². The number of likely N-dealkylation sites (N-methyl/N-ethyl adjacent to an activating group) is 1. The molecule has 0 aliphatic carbocycles. The third-order valence-electron chi connectivity index (χ3n) is 6.05. The van der Waals surface area contributed by atoms with E-state index in [9.17, 15) is 13.6 Å². The lowest BCUT2D eigenvalue weighted by Gasteiger charge is -2.32. The average Bonchev–Trinajstić information content (AvgIpc) is 3.28. The van der Waals surface area contributed by atoms with Gasteiger partial charge in [0.25, 0.3) is 11.8 Å². The molecule has 1 aliphatic heterocycles. The summed E-state index contributed by atoms with van der Waals surface area (Å²) < 4.78 is 49.6. The molecule has 4 aromatic rings. The first-order valence-corrected chi connectivity index (χ1v) is 11.3. The van der Waals surface area contributed by atoms with Gasteiger partial charge in [0.1, 0.15) is 6.33 Å². The Balaban J connectivity index is 1.33. The van der Waals surface area contributed by atoms with Gasteiger partial charge in [0.15, 0.2) is 23.2 Å². The van der Waals surface area contributed by atoms with E-state index in [4.69, 9.17) is 4.74 Å².